The number of carbonyl (C=O) groups is 2. The Morgan fingerprint density at radius 2 is 2.09 bits per heavy atom. The standard InChI is InChI=1S/C16H22ClNO4/c1-4-5-12(16(20)21)9-18-15(19)11(3)22-14-8-10(2)6-7-13(14)17/h6-8,11-12H,4-5,9H2,1-3H3,(H,18,19)(H,20,21). The lowest BCUT2D eigenvalue weighted by Crippen LogP contribution is -2.40. The van der Waals surface area contributed by atoms with Gasteiger partial charge in [0.2, 0.25) is 0 Å². The molecule has 0 aliphatic heterocycles. The maximum atomic E-state index is 12.0. The topological polar surface area (TPSA) is 75.6 Å². The van der Waals surface area contributed by atoms with E-state index >= 15 is 0 Å². The quantitative estimate of drug-likeness (QED) is 0.769. The van der Waals surface area contributed by atoms with Crippen LogP contribution in [0.1, 0.15) is 32.3 Å². The van der Waals surface area contributed by atoms with Gasteiger partial charge in [-0.3, -0.25) is 9.59 Å². The molecule has 0 aliphatic rings. The molecule has 0 saturated heterocycles. The molecule has 0 radical (unpaired) electrons. The summed E-state index contributed by atoms with van der Waals surface area (Å²) in [6, 6.07) is 5.31. The minimum atomic E-state index is -0.905. The summed E-state index contributed by atoms with van der Waals surface area (Å²) in [4.78, 5) is 23.0. The van der Waals surface area contributed by atoms with Gasteiger partial charge in [-0.05, 0) is 38.0 Å². The van der Waals surface area contributed by atoms with Crippen LogP contribution in [0.3, 0.4) is 0 Å². The normalized spacial score (nSPS) is 13.3. The number of hydrogen-bond donors (Lipinski definition) is 2. The molecule has 0 spiro atoms. The minimum absolute atomic E-state index is 0.0945. The summed E-state index contributed by atoms with van der Waals surface area (Å²) in [6.45, 7) is 5.50. The number of carbonyl (C=O) groups excluding carboxylic acids is 1. The Balaban J connectivity index is 2.58. The third-order valence-corrected chi connectivity index (χ3v) is 3.58. The van der Waals surface area contributed by atoms with Crippen LogP contribution in [0.4, 0.5) is 0 Å². The van der Waals surface area contributed by atoms with Crippen LogP contribution < -0.4 is 10.1 Å². The molecule has 0 heterocycles. The van der Waals surface area contributed by atoms with Crippen molar-refractivity contribution in [2.45, 2.75) is 39.7 Å². The van der Waals surface area contributed by atoms with Crippen LogP contribution in [0.2, 0.25) is 5.02 Å². The number of aliphatic carboxylic acids is 1. The van der Waals surface area contributed by atoms with Crippen molar-refractivity contribution in [3.63, 3.8) is 0 Å². The summed E-state index contributed by atoms with van der Waals surface area (Å²) in [5, 5.41) is 12.1. The van der Waals surface area contributed by atoms with E-state index in [0.29, 0.717) is 17.2 Å². The van der Waals surface area contributed by atoms with Crippen molar-refractivity contribution in [2.24, 2.45) is 5.92 Å². The van der Waals surface area contributed by atoms with Gasteiger partial charge in [0.15, 0.2) is 6.10 Å². The van der Waals surface area contributed by atoms with Crippen LogP contribution in [0, 0.1) is 12.8 Å². The van der Waals surface area contributed by atoms with Crippen molar-refractivity contribution < 1.29 is 19.4 Å². The Morgan fingerprint density at radius 1 is 1.41 bits per heavy atom. The molecule has 1 rings (SSSR count). The van der Waals surface area contributed by atoms with Crippen molar-refractivity contribution in [3.05, 3.63) is 28.8 Å². The Hall–Kier alpha value is -1.75. The number of ether oxygens (including phenoxy) is 1. The predicted octanol–water partition coefficient (Wildman–Crippen LogP) is 3.03. The van der Waals surface area contributed by atoms with Crippen LogP contribution >= 0.6 is 11.6 Å². The SMILES string of the molecule is CCCC(CNC(=O)C(C)Oc1cc(C)ccc1Cl)C(=O)O. The molecule has 2 N–H and O–H groups in total. The van der Waals surface area contributed by atoms with Gasteiger partial charge in [-0.1, -0.05) is 31.0 Å². The second-order valence-corrected chi connectivity index (χ2v) is 5.67. The number of halogens is 1. The average molecular weight is 328 g/mol. The van der Waals surface area contributed by atoms with Gasteiger partial charge in [0.25, 0.3) is 5.91 Å². The first-order valence-electron chi connectivity index (χ1n) is 7.28. The van der Waals surface area contributed by atoms with E-state index in [0.717, 1.165) is 12.0 Å². The molecule has 22 heavy (non-hydrogen) atoms. The maximum absolute atomic E-state index is 12.0. The summed E-state index contributed by atoms with van der Waals surface area (Å²) in [6.07, 6.45) is 0.516. The zero-order chi connectivity index (χ0) is 16.7. The van der Waals surface area contributed by atoms with Gasteiger partial charge >= 0.3 is 5.97 Å². The Kier molecular flexibility index (Phi) is 7.18. The summed E-state index contributed by atoms with van der Waals surface area (Å²) in [5.74, 6) is -1.41. The average Bonchev–Trinajstić information content (AvgIpc) is 2.46. The van der Waals surface area contributed by atoms with Gasteiger partial charge < -0.3 is 15.2 Å². The van der Waals surface area contributed by atoms with Crippen molar-refractivity contribution in [1.82, 2.24) is 5.32 Å². The van der Waals surface area contributed by atoms with Gasteiger partial charge in [-0.15, -0.1) is 0 Å². The number of rotatable bonds is 8. The fraction of sp³-hybridized carbons (Fsp3) is 0.500. The second kappa shape index (κ2) is 8.63. The molecule has 1 amide bonds. The first kappa shape index (κ1) is 18.3. The molecule has 2 unspecified atom stereocenters. The largest absolute Gasteiger partial charge is 0.481 e. The third-order valence-electron chi connectivity index (χ3n) is 3.27. The molecule has 1 aromatic carbocycles. The molecule has 6 heteroatoms. The number of carboxylic acids is 1. The summed E-state index contributed by atoms with van der Waals surface area (Å²) >= 11 is 6.02. The molecule has 5 nitrogen and oxygen atoms in total. The Morgan fingerprint density at radius 3 is 2.68 bits per heavy atom. The van der Waals surface area contributed by atoms with E-state index in [4.69, 9.17) is 21.4 Å². The lowest BCUT2D eigenvalue weighted by atomic mass is 10.0. The number of carboxylic acid groups (broad SMARTS) is 1. The van der Waals surface area contributed by atoms with Crippen LogP contribution in [-0.4, -0.2) is 29.6 Å². The molecule has 122 valence electrons. The second-order valence-electron chi connectivity index (χ2n) is 5.26. The zero-order valence-corrected chi connectivity index (χ0v) is 13.8. The van der Waals surface area contributed by atoms with Gasteiger partial charge in [-0.2, -0.15) is 0 Å². The fourth-order valence-electron chi connectivity index (χ4n) is 1.97. The van der Waals surface area contributed by atoms with E-state index in [-0.39, 0.29) is 12.5 Å². The van der Waals surface area contributed by atoms with E-state index in [2.05, 4.69) is 5.32 Å². The maximum Gasteiger partial charge on any atom is 0.308 e. The van der Waals surface area contributed by atoms with E-state index < -0.39 is 18.0 Å². The van der Waals surface area contributed by atoms with E-state index in [9.17, 15) is 9.59 Å². The van der Waals surface area contributed by atoms with Crippen LogP contribution in [0.5, 0.6) is 5.75 Å². The number of benzene rings is 1. The van der Waals surface area contributed by atoms with E-state index in [1.54, 1.807) is 19.1 Å². The highest BCUT2D eigenvalue weighted by Crippen LogP contribution is 2.26. The van der Waals surface area contributed by atoms with Gasteiger partial charge in [0.1, 0.15) is 5.75 Å². The molecular weight excluding hydrogens is 306 g/mol. The van der Waals surface area contributed by atoms with Crippen molar-refractivity contribution in [2.75, 3.05) is 6.54 Å². The molecule has 0 aromatic heterocycles. The highest BCUT2D eigenvalue weighted by Gasteiger charge is 2.21. The summed E-state index contributed by atoms with van der Waals surface area (Å²) in [5.41, 5.74) is 0.973. The molecule has 0 aliphatic carbocycles. The monoisotopic (exact) mass is 327 g/mol. The zero-order valence-electron chi connectivity index (χ0n) is 13.1. The minimum Gasteiger partial charge on any atom is -0.481 e. The van der Waals surface area contributed by atoms with Crippen LogP contribution in [0.25, 0.3) is 0 Å². The fourth-order valence-corrected chi connectivity index (χ4v) is 2.14. The lowest BCUT2D eigenvalue weighted by molar-refractivity contribution is -0.142. The van der Waals surface area contributed by atoms with Gasteiger partial charge in [-0.25, -0.2) is 0 Å². The first-order valence-corrected chi connectivity index (χ1v) is 7.66. The molecule has 0 bridgehead atoms. The molecular formula is C16H22ClNO4. The number of nitrogens with one attached hydrogen (secondary N) is 1. The number of amides is 1. The number of hydrogen-bond acceptors (Lipinski definition) is 3. The molecule has 2 atom stereocenters. The van der Waals surface area contributed by atoms with Crippen LogP contribution in [0.15, 0.2) is 18.2 Å². The van der Waals surface area contributed by atoms with E-state index in [1.165, 1.54) is 0 Å². The first-order chi connectivity index (χ1) is 10.3. The third kappa shape index (κ3) is 5.56. The van der Waals surface area contributed by atoms with Gasteiger partial charge in [0, 0.05) is 6.54 Å². The number of aryl methyl sites for hydroxylation is 1. The smallest absolute Gasteiger partial charge is 0.308 e. The summed E-state index contributed by atoms with van der Waals surface area (Å²) in [7, 11) is 0. The summed E-state index contributed by atoms with van der Waals surface area (Å²) < 4.78 is 5.55. The Bertz CT molecular complexity index is 533. The van der Waals surface area contributed by atoms with Crippen molar-refractivity contribution >= 4 is 23.5 Å². The van der Waals surface area contributed by atoms with Crippen molar-refractivity contribution in [3.8, 4) is 5.75 Å². The highest BCUT2D eigenvalue weighted by molar-refractivity contribution is 6.32. The van der Waals surface area contributed by atoms with E-state index in [1.807, 2.05) is 19.9 Å². The molecule has 0 fully saturated rings. The molecule has 1 aromatic rings. The molecule has 0 saturated carbocycles. The predicted molar refractivity (Wildman–Crippen MR) is 85.3 cm³/mol. The lowest BCUT2D eigenvalue weighted by Gasteiger charge is -2.18. The van der Waals surface area contributed by atoms with Crippen molar-refractivity contribution in [1.29, 1.82) is 0 Å². The highest BCUT2D eigenvalue weighted by atomic mass is 35.5. The van der Waals surface area contributed by atoms with Gasteiger partial charge in [0.05, 0.1) is 10.9 Å². The Labute approximate surface area is 135 Å². The van der Waals surface area contributed by atoms with Crippen LogP contribution in [-0.2, 0) is 9.59 Å².